The summed E-state index contributed by atoms with van der Waals surface area (Å²) >= 11 is 0. The molecule has 0 fully saturated rings. The summed E-state index contributed by atoms with van der Waals surface area (Å²) in [5, 5.41) is 8.08. The van der Waals surface area contributed by atoms with Crippen LogP contribution in [0.15, 0.2) is 72.8 Å². The molecular formula is C26H30N2O3. The maximum atomic E-state index is 12.7. The van der Waals surface area contributed by atoms with Crippen molar-refractivity contribution in [1.29, 1.82) is 0 Å². The lowest BCUT2D eigenvalue weighted by Gasteiger charge is -2.19. The van der Waals surface area contributed by atoms with Crippen molar-refractivity contribution < 1.29 is 14.3 Å². The molecular weight excluding hydrogens is 388 g/mol. The minimum absolute atomic E-state index is 0.0445. The molecule has 1 atom stereocenters. The van der Waals surface area contributed by atoms with Gasteiger partial charge in [-0.25, -0.2) is 4.79 Å². The number of unbranched alkanes of at least 4 members (excludes halogenated alkanes) is 1. The number of hydrogen-bond acceptors (Lipinski definition) is 3. The van der Waals surface area contributed by atoms with Gasteiger partial charge in [0.2, 0.25) is 5.91 Å². The third-order valence-corrected chi connectivity index (χ3v) is 5.21. The second-order valence-electron chi connectivity index (χ2n) is 7.66. The number of carbonyl (C=O) groups excluding carboxylic acids is 2. The van der Waals surface area contributed by atoms with E-state index in [-0.39, 0.29) is 18.6 Å². The Morgan fingerprint density at radius 2 is 1.68 bits per heavy atom. The second kappa shape index (κ2) is 11.7. The Morgan fingerprint density at radius 1 is 0.935 bits per heavy atom. The normalized spacial score (nSPS) is 11.6. The average molecular weight is 419 g/mol. The molecule has 0 saturated carbocycles. The van der Waals surface area contributed by atoms with Gasteiger partial charge >= 0.3 is 6.09 Å². The number of fused-ring (bicyclic) bond motifs is 1. The third-order valence-electron chi connectivity index (χ3n) is 5.21. The maximum absolute atomic E-state index is 12.7. The Kier molecular flexibility index (Phi) is 8.47. The van der Waals surface area contributed by atoms with Crippen LogP contribution < -0.4 is 10.6 Å². The molecule has 0 aliphatic heterocycles. The summed E-state index contributed by atoms with van der Waals surface area (Å²) in [5.41, 5.74) is 1.93. The molecule has 0 aliphatic carbocycles. The van der Waals surface area contributed by atoms with Crippen molar-refractivity contribution in [3.63, 3.8) is 0 Å². The summed E-state index contributed by atoms with van der Waals surface area (Å²) in [6, 6.07) is 23.5. The lowest BCUT2D eigenvalue weighted by molar-refractivity contribution is -0.121. The minimum atomic E-state index is -0.478. The average Bonchev–Trinajstić information content (AvgIpc) is 2.80. The van der Waals surface area contributed by atoms with Gasteiger partial charge in [-0.1, -0.05) is 92.6 Å². The van der Waals surface area contributed by atoms with Crippen LogP contribution in [0.3, 0.4) is 0 Å². The monoisotopic (exact) mass is 418 g/mol. The van der Waals surface area contributed by atoms with E-state index in [0.29, 0.717) is 13.0 Å². The van der Waals surface area contributed by atoms with Crippen molar-refractivity contribution in [1.82, 2.24) is 10.6 Å². The SMILES string of the molecule is CCCCC(CNC(=O)OCc1ccccc1)NC(=O)Cc1cccc2ccccc12. The fraction of sp³-hybridized carbons (Fsp3) is 0.308. The van der Waals surface area contributed by atoms with Crippen molar-refractivity contribution in [3.05, 3.63) is 83.9 Å². The topological polar surface area (TPSA) is 67.4 Å². The first-order valence-corrected chi connectivity index (χ1v) is 10.9. The van der Waals surface area contributed by atoms with Crippen LogP contribution in [-0.2, 0) is 22.6 Å². The van der Waals surface area contributed by atoms with E-state index in [1.807, 2.05) is 72.8 Å². The molecule has 5 nitrogen and oxygen atoms in total. The minimum Gasteiger partial charge on any atom is -0.445 e. The molecule has 5 heteroatoms. The quantitative estimate of drug-likeness (QED) is 0.488. The molecule has 0 saturated heterocycles. The summed E-state index contributed by atoms with van der Waals surface area (Å²) in [6.45, 7) is 2.67. The Balaban J connectivity index is 1.52. The summed E-state index contributed by atoms with van der Waals surface area (Å²) in [4.78, 5) is 24.8. The fourth-order valence-electron chi connectivity index (χ4n) is 3.55. The van der Waals surface area contributed by atoms with Crippen LogP contribution in [0.5, 0.6) is 0 Å². The Morgan fingerprint density at radius 3 is 2.48 bits per heavy atom. The molecule has 162 valence electrons. The number of nitrogens with one attached hydrogen (secondary N) is 2. The van der Waals surface area contributed by atoms with Gasteiger partial charge < -0.3 is 15.4 Å². The van der Waals surface area contributed by atoms with Crippen LogP contribution in [0.4, 0.5) is 4.79 Å². The number of carbonyl (C=O) groups is 2. The van der Waals surface area contributed by atoms with E-state index in [0.717, 1.165) is 41.2 Å². The van der Waals surface area contributed by atoms with E-state index in [9.17, 15) is 9.59 Å². The van der Waals surface area contributed by atoms with Gasteiger partial charge in [-0.2, -0.15) is 0 Å². The predicted octanol–water partition coefficient (Wildman–Crippen LogP) is 4.98. The van der Waals surface area contributed by atoms with Crippen LogP contribution in [-0.4, -0.2) is 24.6 Å². The van der Waals surface area contributed by atoms with Gasteiger partial charge in [0.25, 0.3) is 0 Å². The molecule has 2 amide bonds. The zero-order valence-corrected chi connectivity index (χ0v) is 18.0. The molecule has 0 spiro atoms. The summed E-state index contributed by atoms with van der Waals surface area (Å²) in [6.07, 6.45) is 2.63. The van der Waals surface area contributed by atoms with Gasteiger partial charge in [0.15, 0.2) is 0 Å². The first-order valence-electron chi connectivity index (χ1n) is 10.9. The van der Waals surface area contributed by atoms with Gasteiger partial charge in [0.1, 0.15) is 6.61 Å². The highest BCUT2D eigenvalue weighted by atomic mass is 16.5. The first kappa shape index (κ1) is 22.3. The number of rotatable bonds is 10. The maximum Gasteiger partial charge on any atom is 0.407 e. The fourth-order valence-corrected chi connectivity index (χ4v) is 3.55. The summed E-state index contributed by atoms with van der Waals surface area (Å²) < 4.78 is 5.27. The molecule has 31 heavy (non-hydrogen) atoms. The Bertz CT molecular complexity index is 983. The van der Waals surface area contributed by atoms with Crippen molar-refractivity contribution >= 4 is 22.8 Å². The van der Waals surface area contributed by atoms with Gasteiger partial charge in [0, 0.05) is 12.6 Å². The zero-order chi connectivity index (χ0) is 21.9. The largest absolute Gasteiger partial charge is 0.445 e. The van der Waals surface area contributed by atoms with Crippen molar-refractivity contribution in [2.24, 2.45) is 0 Å². The van der Waals surface area contributed by atoms with Crippen LogP contribution in [0.2, 0.25) is 0 Å². The molecule has 3 rings (SSSR count). The van der Waals surface area contributed by atoms with Crippen molar-refractivity contribution in [2.45, 2.75) is 45.3 Å². The number of hydrogen-bond donors (Lipinski definition) is 2. The van der Waals surface area contributed by atoms with Crippen LogP contribution in [0, 0.1) is 0 Å². The first-order chi connectivity index (χ1) is 15.2. The molecule has 1 unspecified atom stereocenters. The molecule has 3 aromatic carbocycles. The summed E-state index contributed by atoms with van der Waals surface area (Å²) in [5.74, 6) is -0.0445. The molecule has 2 N–H and O–H groups in total. The van der Waals surface area contributed by atoms with Crippen LogP contribution in [0.25, 0.3) is 10.8 Å². The zero-order valence-electron chi connectivity index (χ0n) is 18.0. The van der Waals surface area contributed by atoms with Crippen molar-refractivity contribution in [2.75, 3.05) is 6.54 Å². The second-order valence-corrected chi connectivity index (χ2v) is 7.66. The van der Waals surface area contributed by atoms with Gasteiger partial charge in [-0.05, 0) is 28.3 Å². The molecule has 0 aromatic heterocycles. The lowest BCUT2D eigenvalue weighted by Crippen LogP contribution is -2.44. The lowest BCUT2D eigenvalue weighted by atomic mass is 10.0. The Hall–Kier alpha value is -3.34. The molecule has 3 aromatic rings. The van der Waals surface area contributed by atoms with Crippen LogP contribution in [0.1, 0.15) is 37.3 Å². The number of alkyl carbamates (subject to hydrolysis) is 1. The number of amides is 2. The van der Waals surface area contributed by atoms with E-state index in [2.05, 4.69) is 17.6 Å². The van der Waals surface area contributed by atoms with E-state index in [1.54, 1.807) is 0 Å². The molecule has 0 bridgehead atoms. The van der Waals surface area contributed by atoms with Gasteiger partial charge in [-0.3, -0.25) is 4.79 Å². The van der Waals surface area contributed by atoms with E-state index in [1.165, 1.54) is 0 Å². The third kappa shape index (κ3) is 7.14. The van der Waals surface area contributed by atoms with E-state index >= 15 is 0 Å². The van der Waals surface area contributed by atoms with Gasteiger partial charge in [0.05, 0.1) is 6.42 Å². The molecule has 0 aliphatic rings. The van der Waals surface area contributed by atoms with E-state index < -0.39 is 6.09 Å². The predicted molar refractivity (Wildman–Crippen MR) is 124 cm³/mol. The van der Waals surface area contributed by atoms with Crippen molar-refractivity contribution in [3.8, 4) is 0 Å². The highest BCUT2D eigenvalue weighted by Crippen LogP contribution is 2.19. The summed E-state index contributed by atoms with van der Waals surface area (Å²) in [7, 11) is 0. The number of ether oxygens (including phenoxy) is 1. The Labute approximate surface area is 183 Å². The van der Waals surface area contributed by atoms with Gasteiger partial charge in [-0.15, -0.1) is 0 Å². The number of benzene rings is 3. The standard InChI is InChI=1S/C26H30N2O3/c1-2-3-15-23(18-27-26(30)31-19-20-10-5-4-6-11-20)28-25(29)17-22-14-9-13-21-12-7-8-16-24(21)22/h4-14,16,23H,2-3,15,17-19H2,1H3,(H,27,30)(H,28,29). The van der Waals surface area contributed by atoms with E-state index in [4.69, 9.17) is 4.74 Å². The highest BCUT2D eigenvalue weighted by molar-refractivity contribution is 5.90. The smallest absolute Gasteiger partial charge is 0.407 e. The molecule has 0 heterocycles. The van der Waals surface area contributed by atoms with Crippen LogP contribution >= 0.6 is 0 Å². The molecule has 0 radical (unpaired) electrons. The highest BCUT2D eigenvalue weighted by Gasteiger charge is 2.15.